The first-order valence-electron chi connectivity index (χ1n) is 4.22. The number of aromatic amines is 1. The number of carboxylic acids is 1. The Balaban J connectivity index is 2.84. The number of hydrogen-bond acceptors (Lipinski definition) is 2. The number of methoxy groups -OCH3 is 1. The van der Waals surface area contributed by atoms with Crippen LogP contribution in [0.15, 0.2) is 18.3 Å². The number of ether oxygens (including phenoxy) is 1. The van der Waals surface area contributed by atoms with Gasteiger partial charge < -0.3 is 14.8 Å². The van der Waals surface area contributed by atoms with Crippen molar-refractivity contribution in [1.29, 1.82) is 0 Å². The fourth-order valence-electron chi connectivity index (χ4n) is 1.48. The molecular formula is C10H8FNO3. The van der Waals surface area contributed by atoms with E-state index in [1.807, 2.05) is 0 Å². The van der Waals surface area contributed by atoms with Crippen LogP contribution < -0.4 is 4.74 Å². The predicted molar refractivity (Wildman–Crippen MR) is 51.8 cm³/mol. The summed E-state index contributed by atoms with van der Waals surface area (Å²) >= 11 is 0. The normalized spacial score (nSPS) is 10.5. The number of halogens is 1. The molecule has 0 saturated heterocycles. The summed E-state index contributed by atoms with van der Waals surface area (Å²) in [6, 6.07) is 2.64. The number of carbonyl (C=O) groups is 1. The van der Waals surface area contributed by atoms with Gasteiger partial charge >= 0.3 is 5.97 Å². The lowest BCUT2D eigenvalue weighted by molar-refractivity contribution is 0.0692. The minimum absolute atomic E-state index is 0.215. The van der Waals surface area contributed by atoms with Crippen molar-refractivity contribution < 1.29 is 19.0 Å². The minimum atomic E-state index is -1.31. The lowest BCUT2D eigenvalue weighted by Crippen LogP contribution is -2.02. The first kappa shape index (κ1) is 9.51. The summed E-state index contributed by atoms with van der Waals surface area (Å²) in [7, 11) is 1.40. The second kappa shape index (κ2) is 3.27. The van der Waals surface area contributed by atoms with Gasteiger partial charge in [-0.3, -0.25) is 0 Å². The van der Waals surface area contributed by atoms with E-state index in [4.69, 9.17) is 9.84 Å². The molecule has 0 saturated carbocycles. The Morgan fingerprint density at radius 3 is 2.93 bits per heavy atom. The van der Waals surface area contributed by atoms with E-state index in [9.17, 15) is 9.18 Å². The summed E-state index contributed by atoms with van der Waals surface area (Å²) in [5.41, 5.74) is 0.0685. The molecule has 0 radical (unpaired) electrons. The van der Waals surface area contributed by atoms with Crippen molar-refractivity contribution in [3.63, 3.8) is 0 Å². The maximum Gasteiger partial charge on any atom is 0.338 e. The molecule has 0 atom stereocenters. The number of nitrogens with one attached hydrogen (secondary N) is 1. The predicted octanol–water partition coefficient (Wildman–Crippen LogP) is 2.01. The van der Waals surface area contributed by atoms with Crippen LogP contribution >= 0.6 is 0 Å². The number of H-pyrrole nitrogens is 1. The Morgan fingerprint density at radius 1 is 1.60 bits per heavy atom. The zero-order chi connectivity index (χ0) is 11.0. The van der Waals surface area contributed by atoms with Gasteiger partial charge in [-0.2, -0.15) is 0 Å². The minimum Gasteiger partial charge on any atom is -0.495 e. The van der Waals surface area contributed by atoms with Gasteiger partial charge in [0.25, 0.3) is 0 Å². The SMILES string of the molecule is COc1cc(C(=O)O)c(F)c2cc[nH]c12. The molecule has 1 aromatic heterocycles. The molecule has 0 aliphatic rings. The zero-order valence-electron chi connectivity index (χ0n) is 7.87. The van der Waals surface area contributed by atoms with Crippen LogP contribution in [0.5, 0.6) is 5.75 Å². The van der Waals surface area contributed by atoms with Crippen LogP contribution in [-0.4, -0.2) is 23.2 Å². The molecule has 1 heterocycles. The van der Waals surface area contributed by atoms with Gasteiger partial charge in [0.2, 0.25) is 0 Å². The summed E-state index contributed by atoms with van der Waals surface area (Å²) < 4.78 is 18.6. The number of carboxylic acid groups (broad SMARTS) is 1. The standard InChI is InChI=1S/C10H8FNO3/c1-15-7-4-6(10(13)14)8(11)5-2-3-12-9(5)7/h2-4,12H,1H3,(H,13,14). The summed E-state index contributed by atoms with van der Waals surface area (Å²) in [6.45, 7) is 0. The van der Waals surface area contributed by atoms with E-state index in [0.717, 1.165) is 6.07 Å². The van der Waals surface area contributed by atoms with Crippen LogP contribution in [0.4, 0.5) is 4.39 Å². The first-order valence-corrected chi connectivity index (χ1v) is 4.22. The quantitative estimate of drug-likeness (QED) is 0.795. The van der Waals surface area contributed by atoms with Crippen LogP contribution in [0, 0.1) is 5.82 Å². The first-order chi connectivity index (χ1) is 7.15. The molecule has 1 aromatic carbocycles. The molecular weight excluding hydrogens is 201 g/mol. The number of aromatic nitrogens is 1. The van der Waals surface area contributed by atoms with Gasteiger partial charge in [-0.1, -0.05) is 0 Å². The van der Waals surface area contributed by atoms with Gasteiger partial charge in [0.15, 0.2) is 0 Å². The Hall–Kier alpha value is -2.04. The van der Waals surface area contributed by atoms with Gasteiger partial charge in [-0.15, -0.1) is 0 Å². The molecule has 2 N–H and O–H groups in total. The lowest BCUT2D eigenvalue weighted by atomic mass is 10.1. The van der Waals surface area contributed by atoms with Crippen LogP contribution in [0.2, 0.25) is 0 Å². The van der Waals surface area contributed by atoms with Crippen molar-refractivity contribution in [2.24, 2.45) is 0 Å². The van der Waals surface area contributed by atoms with Crippen LogP contribution in [0.1, 0.15) is 10.4 Å². The third-order valence-electron chi connectivity index (χ3n) is 2.19. The summed E-state index contributed by atoms with van der Waals surface area (Å²) in [6.07, 6.45) is 1.53. The fourth-order valence-corrected chi connectivity index (χ4v) is 1.48. The van der Waals surface area contributed by atoms with Crippen molar-refractivity contribution in [3.05, 3.63) is 29.7 Å². The van der Waals surface area contributed by atoms with Crippen molar-refractivity contribution in [2.75, 3.05) is 7.11 Å². The maximum atomic E-state index is 13.6. The summed E-state index contributed by atoms with van der Waals surface area (Å²) in [5.74, 6) is -1.75. The number of fused-ring (bicyclic) bond motifs is 1. The average molecular weight is 209 g/mol. The largest absolute Gasteiger partial charge is 0.495 e. The van der Waals surface area contributed by atoms with E-state index in [0.29, 0.717) is 11.3 Å². The fraction of sp³-hybridized carbons (Fsp3) is 0.100. The van der Waals surface area contributed by atoms with Gasteiger partial charge in [-0.05, 0) is 12.1 Å². The topological polar surface area (TPSA) is 62.3 Å². The Bertz CT molecular complexity index is 533. The van der Waals surface area contributed by atoms with Crippen molar-refractivity contribution in [2.45, 2.75) is 0 Å². The highest BCUT2D eigenvalue weighted by Gasteiger charge is 2.17. The molecule has 2 aromatic rings. The highest BCUT2D eigenvalue weighted by Crippen LogP contribution is 2.29. The number of hydrogen-bond donors (Lipinski definition) is 2. The van der Waals surface area contributed by atoms with Gasteiger partial charge in [-0.25, -0.2) is 9.18 Å². The van der Waals surface area contributed by atoms with E-state index in [1.54, 1.807) is 0 Å². The van der Waals surface area contributed by atoms with E-state index < -0.39 is 11.8 Å². The molecule has 0 unspecified atom stereocenters. The van der Waals surface area contributed by atoms with Gasteiger partial charge in [0, 0.05) is 11.6 Å². The van der Waals surface area contributed by atoms with Crippen molar-refractivity contribution in [3.8, 4) is 5.75 Å². The molecule has 0 bridgehead atoms. The lowest BCUT2D eigenvalue weighted by Gasteiger charge is -2.05. The molecule has 78 valence electrons. The third-order valence-corrected chi connectivity index (χ3v) is 2.19. The third kappa shape index (κ3) is 1.32. The molecule has 0 spiro atoms. The molecule has 2 rings (SSSR count). The van der Waals surface area contributed by atoms with E-state index >= 15 is 0 Å². The van der Waals surface area contributed by atoms with E-state index in [1.165, 1.54) is 19.4 Å². The summed E-state index contributed by atoms with van der Waals surface area (Å²) in [4.78, 5) is 13.5. The molecule has 5 heteroatoms. The van der Waals surface area contributed by atoms with Gasteiger partial charge in [0.05, 0.1) is 18.2 Å². The molecule has 0 aliphatic carbocycles. The smallest absolute Gasteiger partial charge is 0.338 e. The molecule has 0 fully saturated rings. The molecule has 0 aliphatic heterocycles. The monoisotopic (exact) mass is 209 g/mol. The molecule has 15 heavy (non-hydrogen) atoms. The van der Waals surface area contributed by atoms with E-state index in [2.05, 4.69) is 4.98 Å². The Labute approximate surface area is 84.3 Å². The Morgan fingerprint density at radius 2 is 2.33 bits per heavy atom. The van der Waals surface area contributed by atoms with Crippen LogP contribution in [-0.2, 0) is 0 Å². The van der Waals surface area contributed by atoms with Crippen LogP contribution in [0.3, 0.4) is 0 Å². The number of rotatable bonds is 2. The zero-order valence-corrected chi connectivity index (χ0v) is 7.87. The molecule has 4 nitrogen and oxygen atoms in total. The Kier molecular flexibility index (Phi) is 2.07. The van der Waals surface area contributed by atoms with Crippen molar-refractivity contribution >= 4 is 16.9 Å². The second-order valence-corrected chi connectivity index (χ2v) is 3.01. The van der Waals surface area contributed by atoms with E-state index in [-0.39, 0.29) is 10.9 Å². The molecule has 0 amide bonds. The summed E-state index contributed by atoms with van der Waals surface area (Å²) in [5, 5.41) is 8.99. The maximum absolute atomic E-state index is 13.6. The second-order valence-electron chi connectivity index (χ2n) is 3.01. The highest BCUT2D eigenvalue weighted by molar-refractivity contribution is 5.97. The average Bonchev–Trinajstić information content (AvgIpc) is 2.67. The van der Waals surface area contributed by atoms with Gasteiger partial charge in [0.1, 0.15) is 11.6 Å². The highest BCUT2D eigenvalue weighted by atomic mass is 19.1. The van der Waals surface area contributed by atoms with Crippen LogP contribution in [0.25, 0.3) is 10.9 Å². The number of benzene rings is 1. The number of aromatic carboxylic acids is 1. The van der Waals surface area contributed by atoms with Crippen molar-refractivity contribution in [1.82, 2.24) is 4.98 Å².